The van der Waals surface area contributed by atoms with Crippen molar-refractivity contribution in [1.29, 1.82) is 0 Å². The Morgan fingerprint density at radius 2 is 1.97 bits per heavy atom. The quantitative estimate of drug-likeness (QED) is 0.480. The van der Waals surface area contributed by atoms with E-state index in [1.54, 1.807) is 37.8 Å². The van der Waals surface area contributed by atoms with Crippen molar-refractivity contribution in [3.8, 4) is 17.2 Å². The highest BCUT2D eigenvalue weighted by Gasteiger charge is 2.22. The number of rotatable bonds is 5. The van der Waals surface area contributed by atoms with Crippen LogP contribution >= 0.6 is 0 Å². The molecular formula is C20H21N5O4. The lowest BCUT2D eigenvalue weighted by atomic mass is 10.2. The summed E-state index contributed by atoms with van der Waals surface area (Å²) in [7, 11) is 4.77. The molecule has 0 unspecified atom stereocenters. The number of aromatic nitrogens is 5. The SMILES string of the molecule is C=CCn1c(=O)c2c(nc3n(-c4cc(OC)ccc4OC)c(C)cn23)n(C)c1=O. The first-order chi connectivity index (χ1) is 13.9. The molecule has 3 aromatic heterocycles. The summed E-state index contributed by atoms with van der Waals surface area (Å²) >= 11 is 0. The lowest BCUT2D eigenvalue weighted by molar-refractivity contribution is 0.401. The van der Waals surface area contributed by atoms with Crippen LogP contribution in [0.3, 0.4) is 0 Å². The Bertz CT molecular complexity index is 1390. The lowest BCUT2D eigenvalue weighted by Crippen LogP contribution is -2.39. The van der Waals surface area contributed by atoms with Gasteiger partial charge in [0, 0.05) is 31.5 Å². The van der Waals surface area contributed by atoms with Gasteiger partial charge in [0.1, 0.15) is 11.5 Å². The van der Waals surface area contributed by atoms with Crippen molar-refractivity contribution in [2.24, 2.45) is 7.05 Å². The number of allylic oxidation sites excluding steroid dienone is 1. The van der Waals surface area contributed by atoms with Gasteiger partial charge in [-0.2, -0.15) is 4.98 Å². The van der Waals surface area contributed by atoms with Crippen LogP contribution < -0.4 is 20.7 Å². The number of ether oxygens (including phenoxy) is 2. The monoisotopic (exact) mass is 395 g/mol. The molecule has 0 aliphatic heterocycles. The van der Waals surface area contributed by atoms with Gasteiger partial charge in [-0.3, -0.25) is 22.9 Å². The van der Waals surface area contributed by atoms with Crippen LogP contribution in [-0.2, 0) is 13.6 Å². The van der Waals surface area contributed by atoms with Crippen molar-refractivity contribution in [3.05, 3.63) is 63.6 Å². The van der Waals surface area contributed by atoms with Crippen LogP contribution in [0.2, 0.25) is 0 Å². The Balaban J connectivity index is 2.15. The summed E-state index contributed by atoms with van der Waals surface area (Å²) in [4.78, 5) is 30.2. The van der Waals surface area contributed by atoms with E-state index < -0.39 is 11.2 Å². The fourth-order valence-electron chi connectivity index (χ4n) is 3.57. The summed E-state index contributed by atoms with van der Waals surface area (Å²) in [6.07, 6.45) is 3.33. The van der Waals surface area contributed by atoms with Gasteiger partial charge < -0.3 is 9.47 Å². The molecule has 0 radical (unpaired) electrons. The van der Waals surface area contributed by atoms with Crippen LogP contribution in [0.25, 0.3) is 22.6 Å². The predicted octanol–water partition coefficient (Wildman–Crippen LogP) is 1.65. The molecule has 0 bridgehead atoms. The van der Waals surface area contributed by atoms with E-state index in [0.29, 0.717) is 34.1 Å². The molecule has 0 saturated carbocycles. The van der Waals surface area contributed by atoms with E-state index in [1.807, 2.05) is 23.8 Å². The van der Waals surface area contributed by atoms with Gasteiger partial charge in [0.05, 0.1) is 19.9 Å². The maximum atomic E-state index is 13.0. The Labute approximate surface area is 165 Å². The molecule has 1 aromatic carbocycles. The van der Waals surface area contributed by atoms with Gasteiger partial charge in [0.25, 0.3) is 5.56 Å². The lowest BCUT2D eigenvalue weighted by Gasteiger charge is -2.12. The van der Waals surface area contributed by atoms with Crippen molar-refractivity contribution in [1.82, 2.24) is 23.1 Å². The largest absolute Gasteiger partial charge is 0.497 e. The van der Waals surface area contributed by atoms with Crippen LogP contribution in [0.15, 0.2) is 46.6 Å². The molecule has 0 aliphatic carbocycles. The average Bonchev–Trinajstić information content (AvgIpc) is 3.23. The Kier molecular flexibility index (Phi) is 4.30. The maximum Gasteiger partial charge on any atom is 0.332 e. The molecule has 29 heavy (non-hydrogen) atoms. The van der Waals surface area contributed by atoms with Gasteiger partial charge in [-0.05, 0) is 19.1 Å². The number of fused-ring (bicyclic) bond motifs is 3. The molecule has 0 N–H and O–H groups in total. The Hall–Kier alpha value is -3.75. The molecule has 4 aromatic rings. The molecule has 4 rings (SSSR count). The van der Waals surface area contributed by atoms with Crippen LogP contribution in [0, 0.1) is 6.92 Å². The first-order valence-corrected chi connectivity index (χ1v) is 8.96. The highest BCUT2D eigenvalue weighted by molar-refractivity contribution is 5.77. The second-order valence-electron chi connectivity index (χ2n) is 6.64. The highest BCUT2D eigenvalue weighted by Crippen LogP contribution is 2.31. The summed E-state index contributed by atoms with van der Waals surface area (Å²) < 4.78 is 16.9. The molecule has 0 saturated heterocycles. The molecule has 0 aliphatic rings. The fourth-order valence-corrected chi connectivity index (χ4v) is 3.57. The van der Waals surface area contributed by atoms with Crippen molar-refractivity contribution in [2.75, 3.05) is 14.2 Å². The van der Waals surface area contributed by atoms with E-state index >= 15 is 0 Å². The van der Waals surface area contributed by atoms with E-state index in [9.17, 15) is 9.59 Å². The van der Waals surface area contributed by atoms with Crippen LogP contribution in [0.1, 0.15) is 5.69 Å². The van der Waals surface area contributed by atoms with Gasteiger partial charge in [0.15, 0.2) is 11.2 Å². The minimum Gasteiger partial charge on any atom is -0.497 e. The molecule has 0 fully saturated rings. The molecule has 9 nitrogen and oxygen atoms in total. The number of nitrogens with zero attached hydrogens (tertiary/aromatic N) is 5. The number of benzene rings is 1. The first-order valence-electron chi connectivity index (χ1n) is 8.96. The van der Waals surface area contributed by atoms with Crippen molar-refractivity contribution < 1.29 is 9.47 Å². The summed E-state index contributed by atoms with van der Waals surface area (Å²) in [5.41, 5.74) is 1.34. The normalized spacial score (nSPS) is 11.3. The second-order valence-corrected chi connectivity index (χ2v) is 6.64. The third-order valence-corrected chi connectivity index (χ3v) is 4.96. The number of methoxy groups -OCH3 is 2. The average molecular weight is 395 g/mol. The Morgan fingerprint density at radius 3 is 2.62 bits per heavy atom. The van der Waals surface area contributed by atoms with E-state index in [0.717, 1.165) is 10.3 Å². The second kappa shape index (κ2) is 6.69. The third kappa shape index (κ3) is 2.58. The number of hydrogen-bond donors (Lipinski definition) is 0. The summed E-state index contributed by atoms with van der Waals surface area (Å²) in [6.45, 7) is 5.66. The highest BCUT2D eigenvalue weighted by atomic mass is 16.5. The van der Waals surface area contributed by atoms with Gasteiger partial charge in [-0.25, -0.2) is 4.79 Å². The Morgan fingerprint density at radius 1 is 1.21 bits per heavy atom. The summed E-state index contributed by atoms with van der Waals surface area (Å²) in [6, 6.07) is 5.44. The number of hydrogen-bond acceptors (Lipinski definition) is 5. The summed E-state index contributed by atoms with van der Waals surface area (Å²) in [5, 5.41) is 0. The fraction of sp³-hybridized carbons (Fsp3) is 0.250. The molecular weight excluding hydrogens is 374 g/mol. The minimum atomic E-state index is -0.439. The van der Waals surface area contributed by atoms with E-state index in [1.165, 1.54) is 10.6 Å². The molecule has 3 heterocycles. The standard InChI is InChI=1S/C20H21N5O4/c1-6-9-23-18(26)16-17(22(3)20(23)27)21-19-24(16)11-12(2)25(19)14-10-13(28-4)7-8-15(14)29-5/h6-8,10-11H,1,9H2,2-5H3. The zero-order valence-electron chi connectivity index (χ0n) is 16.7. The molecule has 0 atom stereocenters. The van der Waals surface area contributed by atoms with Crippen LogP contribution in [-0.4, -0.2) is 37.3 Å². The predicted molar refractivity (Wildman–Crippen MR) is 110 cm³/mol. The topological polar surface area (TPSA) is 84.7 Å². The van der Waals surface area contributed by atoms with E-state index in [2.05, 4.69) is 11.6 Å². The van der Waals surface area contributed by atoms with Crippen molar-refractivity contribution in [2.45, 2.75) is 13.5 Å². The molecule has 0 amide bonds. The van der Waals surface area contributed by atoms with Crippen molar-refractivity contribution in [3.63, 3.8) is 0 Å². The molecule has 9 heteroatoms. The van der Waals surface area contributed by atoms with Crippen molar-refractivity contribution >= 4 is 16.9 Å². The smallest absolute Gasteiger partial charge is 0.332 e. The zero-order chi connectivity index (χ0) is 20.9. The summed E-state index contributed by atoms with van der Waals surface area (Å²) in [5.74, 6) is 1.77. The molecule has 0 spiro atoms. The van der Waals surface area contributed by atoms with Crippen LogP contribution in [0.5, 0.6) is 11.5 Å². The van der Waals surface area contributed by atoms with Crippen LogP contribution in [0.4, 0.5) is 0 Å². The number of aryl methyl sites for hydroxylation is 2. The zero-order valence-corrected chi connectivity index (χ0v) is 16.7. The van der Waals surface area contributed by atoms with E-state index in [-0.39, 0.29) is 6.54 Å². The maximum absolute atomic E-state index is 13.0. The molecule has 150 valence electrons. The number of imidazole rings is 2. The first kappa shape index (κ1) is 18.6. The third-order valence-electron chi connectivity index (χ3n) is 4.96. The van der Waals surface area contributed by atoms with Gasteiger partial charge >= 0.3 is 5.69 Å². The minimum absolute atomic E-state index is 0.123. The van der Waals surface area contributed by atoms with Gasteiger partial charge in [-0.1, -0.05) is 6.08 Å². The van der Waals surface area contributed by atoms with Gasteiger partial charge in [0.2, 0.25) is 5.78 Å². The van der Waals surface area contributed by atoms with E-state index in [4.69, 9.17) is 9.47 Å². The van der Waals surface area contributed by atoms with Gasteiger partial charge in [-0.15, -0.1) is 6.58 Å².